The van der Waals surface area contributed by atoms with Crippen LogP contribution in [-0.2, 0) is 5.75 Å². The van der Waals surface area contributed by atoms with Gasteiger partial charge >= 0.3 is 0 Å². The lowest BCUT2D eigenvalue weighted by molar-refractivity contribution is 0.483. The molecule has 2 aromatic heterocycles. The van der Waals surface area contributed by atoms with Crippen LogP contribution in [0.1, 0.15) is 5.69 Å². The molecule has 5 aromatic rings. The van der Waals surface area contributed by atoms with E-state index < -0.39 is 0 Å². The summed E-state index contributed by atoms with van der Waals surface area (Å²) in [6, 6.07) is 26.6. The van der Waals surface area contributed by atoms with Crippen molar-refractivity contribution in [3.05, 3.63) is 101 Å². The third-order valence-electron chi connectivity index (χ3n) is 4.51. The van der Waals surface area contributed by atoms with Crippen LogP contribution in [0.25, 0.3) is 10.2 Å². The average molecular weight is 459 g/mol. The van der Waals surface area contributed by atoms with E-state index in [0.29, 0.717) is 17.4 Å². The highest BCUT2D eigenvalue weighted by atomic mass is 32.2. The molecule has 0 aliphatic carbocycles. The molecule has 0 radical (unpaired) electrons. The summed E-state index contributed by atoms with van der Waals surface area (Å²) in [5.74, 6) is 2.46. The SMILES string of the molecule is O=c1cc(CSc2nc3ccccc3s2)nc(Nc2ccc(Oc3ccccc3)cc2)[nH]1. The number of thiazole rings is 1. The maximum atomic E-state index is 12.1. The molecular weight excluding hydrogens is 440 g/mol. The summed E-state index contributed by atoms with van der Waals surface area (Å²) in [7, 11) is 0. The molecule has 0 aliphatic rings. The number of aromatic amines is 1. The molecule has 0 atom stereocenters. The molecule has 0 fully saturated rings. The number of hydrogen-bond acceptors (Lipinski definition) is 7. The van der Waals surface area contributed by atoms with E-state index in [1.807, 2.05) is 72.8 Å². The number of thioether (sulfide) groups is 1. The van der Waals surface area contributed by atoms with Crippen molar-refractivity contribution in [2.45, 2.75) is 10.1 Å². The van der Waals surface area contributed by atoms with E-state index in [1.165, 1.54) is 6.07 Å². The second kappa shape index (κ2) is 9.25. The largest absolute Gasteiger partial charge is 0.457 e. The Balaban J connectivity index is 1.25. The minimum atomic E-state index is -0.202. The number of aromatic nitrogens is 3. The highest BCUT2D eigenvalue weighted by molar-refractivity contribution is 8.00. The molecule has 0 amide bonds. The molecular formula is C24H18N4O2S2. The number of rotatable bonds is 7. The highest BCUT2D eigenvalue weighted by Gasteiger charge is 2.07. The van der Waals surface area contributed by atoms with Crippen LogP contribution in [0.2, 0.25) is 0 Å². The van der Waals surface area contributed by atoms with Crippen molar-refractivity contribution in [1.82, 2.24) is 15.0 Å². The Kier molecular flexibility index (Phi) is 5.87. The Morgan fingerprint density at radius 2 is 1.66 bits per heavy atom. The summed E-state index contributed by atoms with van der Waals surface area (Å²) in [5, 5.41) is 3.15. The van der Waals surface area contributed by atoms with Gasteiger partial charge in [0.25, 0.3) is 5.56 Å². The molecule has 0 saturated heterocycles. The third-order valence-corrected chi connectivity index (χ3v) is 6.72. The van der Waals surface area contributed by atoms with Crippen molar-refractivity contribution in [2.75, 3.05) is 5.32 Å². The molecule has 32 heavy (non-hydrogen) atoms. The number of hydrogen-bond donors (Lipinski definition) is 2. The van der Waals surface area contributed by atoms with Crippen LogP contribution in [-0.4, -0.2) is 15.0 Å². The molecule has 2 heterocycles. The quantitative estimate of drug-likeness (QED) is 0.282. The molecule has 0 spiro atoms. The van der Waals surface area contributed by atoms with Crippen LogP contribution >= 0.6 is 23.1 Å². The monoisotopic (exact) mass is 458 g/mol. The number of H-pyrrole nitrogens is 1. The topological polar surface area (TPSA) is 79.9 Å². The van der Waals surface area contributed by atoms with Crippen LogP contribution in [0, 0.1) is 0 Å². The maximum Gasteiger partial charge on any atom is 0.252 e. The highest BCUT2D eigenvalue weighted by Crippen LogP contribution is 2.31. The van der Waals surface area contributed by atoms with Gasteiger partial charge in [0, 0.05) is 17.5 Å². The minimum Gasteiger partial charge on any atom is -0.457 e. The zero-order valence-electron chi connectivity index (χ0n) is 16.8. The van der Waals surface area contributed by atoms with Crippen molar-refractivity contribution < 1.29 is 4.74 Å². The number of anilines is 2. The Bertz CT molecular complexity index is 1370. The number of ether oxygens (including phenoxy) is 1. The van der Waals surface area contributed by atoms with Crippen LogP contribution < -0.4 is 15.6 Å². The van der Waals surface area contributed by atoms with E-state index >= 15 is 0 Å². The Hall–Kier alpha value is -3.62. The number of para-hydroxylation sites is 2. The normalized spacial score (nSPS) is 10.9. The summed E-state index contributed by atoms with van der Waals surface area (Å²) in [6.07, 6.45) is 0. The van der Waals surface area contributed by atoms with Gasteiger partial charge in [0.15, 0.2) is 4.34 Å². The average Bonchev–Trinajstić information content (AvgIpc) is 3.23. The van der Waals surface area contributed by atoms with Gasteiger partial charge in [0.05, 0.1) is 15.9 Å². The predicted molar refractivity (Wildman–Crippen MR) is 130 cm³/mol. The number of nitrogens with one attached hydrogen (secondary N) is 2. The van der Waals surface area contributed by atoms with Crippen LogP contribution in [0.3, 0.4) is 0 Å². The number of nitrogens with zero attached hydrogens (tertiary/aromatic N) is 2. The van der Waals surface area contributed by atoms with Crippen molar-refractivity contribution in [3.63, 3.8) is 0 Å². The summed E-state index contributed by atoms with van der Waals surface area (Å²) in [5.41, 5.74) is 2.27. The Labute approximate surface area is 192 Å². The van der Waals surface area contributed by atoms with Crippen molar-refractivity contribution in [1.29, 1.82) is 0 Å². The fourth-order valence-corrected chi connectivity index (χ4v) is 5.02. The lowest BCUT2D eigenvalue weighted by Gasteiger charge is -2.09. The van der Waals surface area contributed by atoms with Gasteiger partial charge in [-0.3, -0.25) is 9.78 Å². The van der Waals surface area contributed by atoms with Gasteiger partial charge in [-0.2, -0.15) is 0 Å². The van der Waals surface area contributed by atoms with Gasteiger partial charge in [0.1, 0.15) is 11.5 Å². The summed E-state index contributed by atoms with van der Waals surface area (Å²) >= 11 is 3.21. The van der Waals surface area contributed by atoms with Gasteiger partial charge < -0.3 is 10.1 Å². The van der Waals surface area contributed by atoms with E-state index in [-0.39, 0.29) is 5.56 Å². The van der Waals surface area contributed by atoms with Crippen molar-refractivity contribution in [2.24, 2.45) is 0 Å². The molecule has 158 valence electrons. The molecule has 3 aromatic carbocycles. The third kappa shape index (κ3) is 4.99. The fraction of sp³-hybridized carbons (Fsp3) is 0.0417. The first-order valence-electron chi connectivity index (χ1n) is 9.90. The molecule has 2 N–H and O–H groups in total. The number of benzene rings is 3. The van der Waals surface area contributed by atoms with E-state index in [2.05, 4.69) is 26.3 Å². The lowest BCUT2D eigenvalue weighted by atomic mass is 10.3. The van der Waals surface area contributed by atoms with Crippen molar-refractivity contribution >= 4 is 45.0 Å². The number of fused-ring (bicyclic) bond motifs is 1. The fourth-order valence-electron chi connectivity index (χ4n) is 3.06. The molecule has 0 unspecified atom stereocenters. The van der Waals surface area contributed by atoms with E-state index in [9.17, 15) is 4.79 Å². The summed E-state index contributed by atoms with van der Waals surface area (Å²) < 4.78 is 7.91. The molecule has 0 bridgehead atoms. The maximum absolute atomic E-state index is 12.1. The lowest BCUT2D eigenvalue weighted by Crippen LogP contribution is -2.11. The standard InChI is InChI=1S/C24H18N4O2S2/c29-22-14-17(15-31-24-27-20-8-4-5-9-21(20)32-24)26-23(28-22)25-16-10-12-19(13-11-16)30-18-6-2-1-3-7-18/h1-14H,15H2,(H2,25,26,28,29). The first kappa shape index (κ1) is 20.3. The second-order valence-electron chi connectivity index (χ2n) is 6.89. The van der Waals surface area contributed by atoms with Crippen LogP contribution in [0.4, 0.5) is 11.6 Å². The van der Waals surface area contributed by atoms with Crippen molar-refractivity contribution in [3.8, 4) is 11.5 Å². The Morgan fingerprint density at radius 1 is 0.906 bits per heavy atom. The van der Waals surface area contributed by atoms with Gasteiger partial charge in [-0.05, 0) is 48.5 Å². The summed E-state index contributed by atoms with van der Waals surface area (Å²) in [6.45, 7) is 0. The van der Waals surface area contributed by atoms with Gasteiger partial charge in [0.2, 0.25) is 5.95 Å². The van der Waals surface area contributed by atoms with E-state index in [1.54, 1.807) is 23.1 Å². The second-order valence-corrected chi connectivity index (χ2v) is 9.14. The predicted octanol–water partition coefficient (Wildman–Crippen LogP) is 6.21. The minimum absolute atomic E-state index is 0.202. The molecule has 5 rings (SSSR count). The molecule has 6 nitrogen and oxygen atoms in total. The van der Waals surface area contributed by atoms with Gasteiger partial charge in [-0.25, -0.2) is 9.97 Å². The van der Waals surface area contributed by atoms with E-state index in [4.69, 9.17) is 4.74 Å². The first-order valence-corrected chi connectivity index (χ1v) is 11.7. The van der Waals surface area contributed by atoms with Crippen LogP contribution in [0.15, 0.2) is 94.1 Å². The molecule has 8 heteroatoms. The molecule has 0 saturated carbocycles. The van der Waals surface area contributed by atoms with Gasteiger partial charge in [-0.15, -0.1) is 11.3 Å². The summed E-state index contributed by atoms with van der Waals surface area (Å²) in [4.78, 5) is 24.0. The first-order chi connectivity index (χ1) is 15.7. The molecule has 0 aliphatic heterocycles. The Morgan fingerprint density at radius 3 is 2.47 bits per heavy atom. The van der Waals surface area contributed by atoms with Gasteiger partial charge in [-0.1, -0.05) is 42.1 Å². The zero-order valence-corrected chi connectivity index (χ0v) is 18.5. The van der Waals surface area contributed by atoms with E-state index in [0.717, 1.165) is 31.7 Å². The van der Waals surface area contributed by atoms with Crippen LogP contribution in [0.5, 0.6) is 11.5 Å². The smallest absolute Gasteiger partial charge is 0.252 e. The zero-order chi connectivity index (χ0) is 21.8.